The maximum atomic E-state index is 6.46. The van der Waals surface area contributed by atoms with E-state index in [1.165, 1.54) is 5.56 Å². The molecule has 0 aliphatic carbocycles. The summed E-state index contributed by atoms with van der Waals surface area (Å²) in [7, 11) is 3.30. The maximum Gasteiger partial charge on any atom is 0.127 e. The van der Waals surface area contributed by atoms with Gasteiger partial charge in [0.05, 0.1) is 19.8 Å². The van der Waals surface area contributed by atoms with Crippen LogP contribution in [0.15, 0.2) is 48.5 Å². The van der Waals surface area contributed by atoms with Crippen molar-refractivity contribution in [1.29, 1.82) is 0 Å². The van der Waals surface area contributed by atoms with Crippen molar-refractivity contribution in [1.82, 2.24) is 0 Å². The largest absolute Gasteiger partial charge is 0.496 e. The molecule has 0 fully saturated rings. The number of hydrogen-bond donors (Lipinski definition) is 1. The molecule has 0 amide bonds. The van der Waals surface area contributed by atoms with Gasteiger partial charge in [-0.1, -0.05) is 43.3 Å². The van der Waals surface area contributed by atoms with E-state index in [1.807, 2.05) is 36.4 Å². The topological polar surface area (TPSA) is 44.5 Å². The highest BCUT2D eigenvalue weighted by molar-refractivity contribution is 5.48. The maximum absolute atomic E-state index is 6.46. The number of hydrogen-bond acceptors (Lipinski definition) is 3. The first-order chi connectivity index (χ1) is 9.69. The highest BCUT2D eigenvalue weighted by atomic mass is 16.5. The summed E-state index contributed by atoms with van der Waals surface area (Å²) in [6, 6.07) is 15.8. The van der Waals surface area contributed by atoms with Crippen molar-refractivity contribution in [2.24, 2.45) is 5.73 Å². The molecule has 0 saturated carbocycles. The van der Waals surface area contributed by atoms with Gasteiger partial charge in [-0.2, -0.15) is 0 Å². The lowest BCUT2D eigenvalue weighted by atomic mass is 9.88. The molecule has 0 radical (unpaired) electrons. The van der Waals surface area contributed by atoms with Crippen molar-refractivity contribution < 1.29 is 9.47 Å². The van der Waals surface area contributed by atoms with E-state index >= 15 is 0 Å². The summed E-state index contributed by atoms with van der Waals surface area (Å²) < 4.78 is 10.9. The number of ether oxygens (including phenoxy) is 2. The van der Waals surface area contributed by atoms with Crippen LogP contribution in [0.1, 0.15) is 30.0 Å². The van der Waals surface area contributed by atoms with Gasteiger partial charge in [-0.05, 0) is 17.7 Å². The number of nitrogens with two attached hydrogens (primary N) is 1. The highest BCUT2D eigenvalue weighted by Crippen LogP contribution is 2.39. The molecule has 2 atom stereocenters. The summed E-state index contributed by atoms with van der Waals surface area (Å²) in [6.45, 7) is 2.12. The average molecular weight is 271 g/mol. The molecule has 3 heteroatoms. The lowest BCUT2D eigenvalue weighted by molar-refractivity contribution is 0.374. The fourth-order valence-electron chi connectivity index (χ4n) is 2.42. The lowest BCUT2D eigenvalue weighted by Gasteiger charge is -2.24. The second-order valence-corrected chi connectivity index (χ2v) is 4.80. The molecule has 0 aliphatic rings. The van der Waals surface area contributed by atoms with Crippen molar-refractivity contribution in [2.75, 3.05) is 14.2 Å². The van der Waals surface area contributed by atoms with Gasteiger partial charge in [-0.15, -0.1) is 0 Å². The summed E-state index contributed by atoms with van der Waals surface area (Å²) in [4.78, 5) is 0. The SMILES string of the molecule is COc1cccc(OC)c1C(N)C(C)c1ccccc1. The molecule has 2 rings (SSSR count). The van der Waals surface area contributed by atoms with Crippen LogP contribution in [0.25, 0.3) is 0 Å². The normalized spacial score (nSPS) is 13.6. The molecule has 106 valence electrons. The van der Waals surface area contributed by atoms with Crippen LogP contribution in [0.2, 0.25) is 0 Å². The third-order valence-electron chi connectivity index (χ3n) is 3.66. The van der Waals surface area contributed by atoms with Gasteiger partial charge in [0.25, 0.3) is 0 Å². The zero-order chi connectivity index (χ0) is 14.5. The Balaban J connectivity index is 2.40. The zero-order valence-corrected chi connectivity index (χ0v) is 12.2. The summed E-state index contributed by atoms with van der Waals surface area (Å²) in [5.74, 6) is 1.70. The van der Waals surface area contributed by atoms with Crippen LogP contribution >= 0.6 is 0 Å². The van der Waals surface area contributed by atoms with Crippen LogP contribution in [0.3, 0.4) is 0 Å². The van der Waals surface area contributed by atoms with Crippen LogP contribution in [-0.4, -0.2) is 14.2 Å². The predicted molar refractivity (Wildman–Crippen MR) is 81.3 cm³/mol. The minimum atomic E-state index is -0.191. The van der Waals surface area contributed by atoms with Gasteiger partial charge in [0.2, 0.25) is 0 Å². The fraction of sp³-hybridized carbons (Fsp3) is 0.294. The third kappa shape index (κ3) is 2.78. The van der Waals surface area contributed by atoms with E-state index in [-0.39, 0.29) is 12.0 Å². The van der Waals surface area contributed by atoms with E-state index in [0.29, 0.717) is 0 Å². The second kappa shape index (κ2) is 6.44. The second-order valence-electron chi connectivity index (χ2n) is 4.80. The van der Waals surface area contributed by atoms with Gasteiger partial charge in [-0.3, -0.25) is 0 Å². The Labute approximate surface area is 120 Å². The molecule has 2 unspecified atom stereocenters. The molecule has 0 aromatic heterocycles. The summed E-state index contributed by atoms with van der Waals surface area (Å²) in [5.41, 5.74) is 8.58. The summed E-state index contributed by atoms with van der Waals surface area (Å²) >= 11 is 0. The Morgan fingerprint density at radius 3 is 1.90 bits per heavy atom. The molecular weight excluding hydrogens is 250 g/mol. The molecule has 2 aromatic rings. The van der Waals surface area contributed by atoms with Gasteiger partial charge in [0.1, 0.15) is 11.5 Å². The van der Waals surface area contributed by atoms with Crippen molar-refractivity contribution in [2.45, 2.75) is 18.9 Å². The Kier molecular flexibility index (Phi) is 4.64. The molecule has 0 aliphatic heterocycles. The first-order valence-electron chi connectivity index (χ1n) is 6.70. The zero-order valence-electron chi connectivity index (χ0n) is 12.2. The molecule has 0 spiro atoms. The van der Waals surface area contributed by atoms with E-state index in [0.717, 1.165) is 17.1 Å². The van der Waals surface area contributed by atoms with Crippen LogP contribution < -0.4 is 15.2 Å². The van der Waals surface area contributed by atoms with Gasteiger partial charge in [-0.25, -0.2) is 0 Å². The number of rotatable bonds is 5. The first kappa shape index (κ1) is 14.4. The van der Waals surface area contributed by atoms with Crippen molar-refractivity contribution >= 4 is 0 Å². The van der Waals surface area contributed by atoms with E-state index in [9.17, 15) is 0 Å². The van der Waals surface area contributed by atoms with Crippen LogP contribution in [0.4, 0.5) is 0 Å². The Bertz CT molecular complexity index is 532. The smallest absolute Gasteiger partial charge is 0.127 e. The Morgan fingerprint density at radius 2 is 1.40 bits per heavy atom. The molecule has 0 heterocycles. The quantitative estimate of drug-likeness (QED) is 0.905. The molecule has 2 aromatic carbocycles. The van der Waals surface area contributed by atoms with Crippen LogP contribution in [-0.2, 0) is 0 Å². The van der Waals surface area contributed by atoms with Crippen molar-refractivity contribution in [3.05, 3.63) is 59.7 Å². The fourth-order valence-corrected chi connectivity index (χ4v) is 2.42. The third-order valence-corrected chi connectivity index (χ3v) is 3.66. The van der Waals surface area contributed by atoms with Gasteiger partial charge in [0, 0.05) is 12.0 Å². The molecular formula is C17H21NO2. The Hall–Kier alpha value is -2.00. The minimum absolute atomic E-state index is 0.168. The van der Waals surface area contributed by atoms with Crippen LogP contribution in [0.5, 0.6) is 11.5 Å². The molecule has 20 heavy (non-hydrogen) atoms. The predicted octanol–water partition coefficient (Wildman–Crippen LogP) is 3.51. The van der Waals surface area contributed by atoms with Crippen molar-refractivity contribution in [3.8, 4) is 11.5 Å². The Morgan fingerprint density at radius 1 is 0.850 bits per heavy atom. The number of methoxy groups -OCH3 is 2. The van der Waals surface area contributed by atoms with Gasteiger partial charge >= 0.3 is 0 Å². The van der Waals surface area contributed by atoms with Gasteiger partial charge in [0.15, 0.2) is 0 Å². The first-order valence-corrected chi connectivity index (χ1v) is 6.70. The molecule has 0 bridgehead atoms. The lowest BCUT2D eigenvalue weighted by Crippen LogP contribution is -2.19. The minimum Gasteiger partial charge on any atom is -0.496 e. The van der Waals surface area contributed by atoms with E-state index in [2.05, 4.69) is 19.1 Å². The van der Waals surface area contributed by atoms with Crippen LogP contribution in [0, 0.1) is 0 Å². The number of benzene rings is 2. The van der Waals surface area contributed by atoms with Gasteiger partial charge < -0.3 is 15.2 Å². The summed E-state index contributed by atoms with van der Waals surface area (Å²) in [5, 5.41) is 0. The van der Waals surface area contributed by atoms with E-state index < -0.39 is 0 Å². The standard InChI is InChI=1S/C17H21NO2/c1-12(13-8-5-4-6-9-13)17(18)16-14(19-2)10-7-11-15(16)20-3/h4-12,17H,18H2,1-3H3. The average Bonchev–Trinajstić information content (AvgIpc) is 2.53. The molecule has 2 N–H and O–H groups in total. The summed E-state index contributed by atoms with van der Waals surface area (Å²) in [6.07, 6.45) is 0. The van der Waals surface area contributed by atoms with E-state index in [1.54, 1.807) is 14.2 Å². The monoisotopic (exact) mass is 271 g/mol. The van der Waals surface area contributed by atoms with Crippen molar-refractivity contribution in [3.63, 3.8) is 0 Å². The van der Waals surface area contributed by atoms with E-state index in [4.69, 9.17) is 15.2 Å². The molecule has 3 nitrogen and oxygen atoms in total. The highest BCUT2D eigenvalue weighted by Gasteiger charge is 2.23. The molecule has 0 saturated heterocycles.